The maximum absolute atomic E-state index is 11.1. The van der Waals surface area contributed by atoms with Gasteiger partial charge in [0, 0.05) is 5.92 Å². The summed E-state index contributed by atoms with van der Waals surface area (Å²) in [5.74, 6) is 0.106. The number of fused-ring (bicyclic) bond motifs is 1. The Kier molecular flexibility index (Phi) is 2.28. The summed E-state index contributed by atoms with van der Waals surface area (Å²) in [5, 5.41) is 0. The van der Waals surface area contributed by atoms with Crippen molar-refractivity contribution < 1.29 is 4.79 Å². The molecule has 2 rings (SSSR count). The standard InChI is InChI=1S/C12H15NO/c1-8(12(13)14)10-7-6-9-4-2-3-5-11(9)10/h2-5,8,10H,6-7H2,1H3,(H2,13,14)/t8-,10?/m0/s1. The lowest BCUT2D eigenvalue weighted by atomic mass is 9.88. The van der Waals surface area contributed by atoms with Crippen LogP contribution in [-0.2, 0) is 11.2 Å². The quantitative estimate of drug-likeness (QED) is 0.757. The minimum Gasteiger partial charge on any atom is -0.369 e. The van der Waals surface area contributed by atoms with Gasteiger partial charge >= 0.3 is 0 Å². The number of hydrogen-bond acceptors (Lipinski definition) is 1. The van der Waals surface area contributed by atoms with Gasteiger partial charge in [-0.25, -0.2) is 0 Å². The van der Waals surface area contributed by atoms with Crippen LogP contribution in [0.5, 0.6) is 0 Å². The molecule has 1 aliphatic carbocycles. The fourth-order valence-electron chi connectivity index (χ4n) is 2.31. The van der Waals surface area contributed by atoms with Crippen LogP contribution < -0.4 is 5.73 Å². The number of aryl methyl sites for hydroxylation is 1. The third-order valence-electron chi connectivity index (χ3n) is 3.23. The molecule has 1 aromatic rings. The van der Waals surface area contributed by atoms with Crippen molar-refractivity contribution in [1.82, 2.24) is 0 Å². The molecule has 0 saturated heterocycles. The third-order valence-corrected chi connectivity index (χ3v) is 3.23. The summed E-state index contributed by atoms with van der Waals surface area (Å²) in [6.07, 6.45) is 2.14. The Bertz CT molecular complexity index is 359. The Morgan fingerprint density at radius 1 is 1.50 bits per heavy atom. The maximum atomic E-state index is 11.1. The van der Waals surface area contributed by atoms with Crippen LogP contribution in [-0.4, -0.2) is 5.91 Å². The van der Waals surface area contributed by atoms with Crippen molar-refractivity contribution in [3.05, 3.63) is 35.4 Å². The van der Waals surface area contributed by atoms with Gasteiger partial charge in [-0.15, -0.1) is 0 Å². The number of primary amides is 1. The molecule has 0 fully saturated rings. The molecule has 0 bridgehead atoms. The van der Waals surface area contributed by atoms with Crippen molar-refractivity contribution >= 4 is 5.91 Å². The van der Waals surface area contributed by atoms with Crippen molar-refractivity contribution in [1.29, 1.82) is 0 Å². The van der Waals surface area contributed by atoms with Gasteiger partial charge in [-0.2, -0.15) is 0 Å². The topological polar surface area (TPSA) is 43.1 Å². The Balaban J connectivity index is 2.30. The second-order valence-electron chi connectivity index (χ2n) is 4.04. The monoisotopic (exact) mass is 189 g/mol. The number of hydrogen-bond donors (Lipinski definition) is 1. The summed E-state index contributed by atoms with van der Waals surface area (Å²) in [6.45, 7) is 1.93. The third kappa shape index (κ3) is 1.41. The molecule has 0 radical (unpaired) electrons. The van der Waals surface area contributed by atoms with Crippen LogP contribution in [0.4, 0.5) is 0 Å². The van der Waals surface area contributed by atoms with Crippen molar-refractivity contribution in [3.63, 3.8) is 0 Å². The van der Waals surface area contributed by atoms with Crippen molar-refractivity contribution in [2.24, 2.45) is 11.7 Å². The highest BCUT2D eigenvalue weighted by molar-refractivity contribution is 5.77. The van der Waals surface area contributed by atoms with Gasteiger partial charge in [0.1, 0.15) is 0 Å². The summed E-state index contributed by atoms with van der Waals surface area (Å²) in [6, 6.07) is 8.34. The van der Waals surface area contributed by atoms with E-state index in [0.717, 1.165) is 12.8 Å². The number of carbonyl (C=O) groups is 1. The zero-order valence-corrected chi connectivity index (χ0v) is 8.36. The Morgan fingerprint density at radius 3 is 2.93 bits per heavy atom. The lowest BCUT2D eigenvalue weighted by molar-refractivity contribution is -0.121. The second-order valence-corrected chi connectivity index (χ2v) is 4.04. The van der Waals surface area contributed by atoms with E-state index in [0.29, 0.717) is 5.92 Å². The van der Waals surface area contributed by atoms with Gasteiger partial charge in [0.2, 0.25) is 5.91 Å². The molecule has 2 N–H and O–H groups in total. The summed E-state index contributed by atoms with van der Waals surface area (Å²) in [4.78, 5) is 11.1. The molecule has 2 atom stereocenters. The van der Waals surface area contributed by atoms with Crippen molar-refractivity contribution in [2.75, 3.05) is 0 Å². The van der Waals surface area contributed by atoms with E-state index in [2.05, 4.69) is 18.2 Å². The molecule has 2 heteroatoms. The zero-order chi connectivity index (χ0) is 10.1. The van der Waals surface area contributed by atoms with Gasteiger partial charge < -0.3 is 5.73 Å². The van der Waals surface area contributed by atoms with Gasteiger partial charge in [-0.05, 0) is 29.9 Å². The summed E-state index contributed by atoms with van der Waals surface area (Å²) < 4.78 is 0. The van der Waals surface area contributed by atoms with Crippen LogP contribution >= 0.6 is 0 Å². The van der Waals surface area contributed by atoms with Crippen LogP contribution in [0.2, 0.25) is 0 Å². The highest BCUT2D eigenvalue weighted by Crippen LogP contribution is 2.37. The fraction of sp³-hybridized carbons (Fsp3) is 0.417. The van der Waals surface area contributed by atoms with E-state index < -0.39 is 0 Å². The van der Waals surface area contributed by atoms with Gasteiger partial charge in [0.25, 0.3) is 0 Å². The smallest absolute Gasteiger partial charge is 0.220 e. The molecule has 0 aromatic heterocycles. The summed E-state index contributed by atoms with van der Waals surface area (Å²) >= 11 is 0. The number of amides is 1. The summed E-state index contributed by atoms with van der Waals surface area (Å²) in [5.41, 5.74) is 8.03. The van der Waals surface area contributed by atoms with Crippen molar-refractivity contribution in [3.8, 4) is 0 Å². The molecular weight excluding hydrogens is 174 g/mol. The molecule has 0 aliphatic heterocycles. The average Bonchev–Trinajstić information content (AvgIpc) is 2.60. The van der Waals surface area contributed by atoms with Crippen LogP contribution in [0.3, 0.4) is 0 Å². The first-order valence-corrected chi connectivity index (χ1v) is 5.07. The Morgan fingerprint density at radius 2 is 2.21 bits per heavy atom. The molecule has 1 unspecified atom stereocenters. The van der Waals surface area contributed by atoms with Crippen LogP contribution in [0.1, 0.15) is 30.4 Å². The second kappa shape index (κ2) is 3.45. The number of carbonyl (C=O) groups excluding carboxylic acids is 1. The molecule has 74 valence electrons. The van der Waals surface area contributed by atoms with E-state index >= 15 is 0 Å². The van der Waals surface area contributed by atoms with Crippen LogP contribution in [0, 0.1) is 5.92 Å². The van der Waals surface area contributed by atoms with Crippen LogP contribution in [0.15, 0.2) is 24.3 Å². The normalized spacial score (nSPS) is 21.6. The summed E-state index contributed by atoms with van der Waals surface area (Å²) in [7, 11) is 0. The first-order chi connectivity index (χ1) is 6.70. The molecule has 1 aliphatic rings. The van der Waals surface area contributed by atoms with E-state index in [1.54, 1.807) is 0 Å². The predicted octanol–water partition coefficient (Wildman–Crippen LogP) is 1.84. The zero-order valence-electron chi connectivity index (χ0n) is 8.36. The lowest BCUT2D eigenvalue weighted by Gasteiger charge is -2.16. The highest BCUT2D eigenvalue weighted by atomic mass is 16.1. The molecule has 1 amide bonds. The largest absolute Gasteiger partial charge is 0.369 e. The molecule has 2 nitrogen and oxygen atoms in total. The Hall–Kier alpha value is -1.31. The Labute approximate surface area is 84.1 Å². The van der Waals surface area contributed by atoms with E-state index in [1.165, 1.54) is 11.1 Å². The van der Waals surface area contributed by atoms with Crippen molar-refractivity contribution in [2.45, 2.75) is 25.7 Å². The van der Waals surface area contributed by atoms with E-state index in [-0.39, 0.29) is 11.8 Å². The number of benzene rings is 1. The highest BCUT2D eigenvalue weighted by Gasteiger charge is 2.29. The van der Waals surface area contributed by atoms with Gasteiger partial charge in [-0.1, -0.05) is 31.2 Å². The van der Waals surface area contributed by atoms with Gasteiger partial charge in [0.05, 0.1) is 0 Å². The molecular formula is C12H15NO. The average molecular weight is 189 g/mol. The minimum absolute atomic E-state index is 0.0429. The minimum atomic E-state index is -0.188. The number of nitrogens with two attached hydrogens (primary N) is 1. The molecule has 0 saturated carbocycles. The molecule has 1 aromatic carbocycles. The van der Waals surface area contributed by atoms with Crippen LogP contribution in [0.25, 0.3) is 0 Å². The van der Waals surface area contributed by atoms with E-state index in [4.69, 9.17) is 5.73 Å². The predicted molar refractivity (Wildman–Crippen MR) is 55.9 cm³/mol. The first-order valence-electron chi connectivity index (χ1n) is 5.07. The molecule has 0 spiro atoms. The maximum Gasteiger partial charge on any atom is 0.220 e. The van der Waals surface area contributed by atoms with Gasteiger partial charge in [0.15, 0.2) is 0 Å². The molecule has 14 heavy (non-hydrogen) atoms. The van der Waals surface area contributed by atoms with E-state index in [9.17, 15) is 4.79 Å². The van der Waals surface area contributed by atoms with Gasteiger partial charge in [-0.3, -0.25) is 4.79 Å². The SMILES string of the molecule is C[C@H](C(N)=O)C1CCc2ccccc21. The lowest BCUT2D eigenvalue weighted by Crippen LogP contribution is -2.25. The number of rotatable bonds is 2. The fourth-order valence-corrected chi connectivity index (χ4v) is 2.31. The molecule has 0 heterocycles. The first kappa shape index (κ1) is 9.25. The van der Waals surface area contributed by atoms with E-state index in [1.807, 2.05) is 13.0 Å².